The van der Waals surface area contributed by atoms with Gasteiger partial charge in [-0.1, -0.05) is 0 Å². The maximum atomic E-state index is 12.9. The number of hydrogen-bond donors (Lipinski definition) is 0. The number of piperazine rings is 1. The molecule has 0 bridgehead atoms. The molecule has 3 fully saturated rings. The summed E-state index contributed by atoms with van der Waals surface area (Å²) in [4.78, 5) is 31.5. The highest BCUT2D eigenvalue weighted by Crippen LogP contribution is 2.34. The van der Waals surface area contributed by atoms with E-state index in [9.17, 15) is 9.59 Å². The number of likely N-dealkylation sites (tertiary alicyclic amines) is 1. The first kappa shape index (κ1) is 17.5. The molecule has 4 rings (SSSR count). The predicted octanol–water partition coefficient (Wildman–Crippen LogP) is 0.0962. The molecule has 2 amide bonds. The van der Waals surface area contributed by atoms with Crippen molar-refractivity contribution in [3.8, 4) is 0 Å². The molecule has 26 heavy (non-hydrogen) atoms. The van der Waals surface area contributed by atoms with Gasteiger partial charge >= 0.3 is 0 Å². The Kier molecular flexibility index (Phi) is 4.48. The fourth-order valence-electron chi connectivity index (χ4n) is 4.43. The molecule has 8 nitrogen and oxygen atoms in total. The summed E-state index contributed by atoms with van der Waals surface area (Å²) < 4.78 is 7.10. The number of nitrogens with zero attached hydrogens (tertiary/aromatic N) is 5. The van der Waals surface area contributed by atoms with Crippen LogP contribution in [-0.2, 0) is 21.4 Å². The second kappa shape index (κ2) is 6.66. The van der Waals surface area contributed by atoms with Gasteiger partial charge in [0.25, 0.3) is 0 Å². The number of rotatable bonds is 2. The topological polar surface area (TPSA) is 70.9 Å². The summed E-state index contributed by atoms with van der Waals surface area (Å²) in [6.45, 7) is 3.77. The fourth-order valence-corrected chi connectivity index (χ4v) is 4.43. The van der Waals surface area contributed by atoms with E-state index in [1.165, 1.54) is 0 Å². The van der Waals surface area contributed by atoms with Crippen molar-refractivity contribution in [2.45, 2.75) is 24.8 Å². The van der Waals surface area contributed by atoms with Gasteiger partial charge in [0, 0.05) is 52.0 Å². The van der Waals surface area contributed by atoms with Crippen LogP contribution in [0.4, 0.5) is 5.69 Å². The first-order valence-electron chi connectivity index (χ1n) is 9.35. The van der Waals surface area contributed by atoms with Crippen LogP contribution in [-0.4, -0.2) is 83.4 Å². The quantitative estimate of drug-likeness (QED) is 0.747. The predicted molar refractivity (Wildman–Crippen MR) is 95.7 cm³/mol. The van der Waals surface area contributed by atoms with Gasteiger partial charge in [-0.15, -0.1) is 0 Å². The van der Waals surface area contributed by atoms with Gasteiger partial charge in [0.15, 0.2) is 0 Å². The van der Waals surface area contributed by atoms with Gasteiger partial charge in [-0.25, -0.2) is 0 Å². The minimum atomic E-state index is -0.176. The van der Waals surface area contributed by atoms with Crippen molar-refractivity contribution in [3.63, 3.8) is 0 Å². The van der Waals surface area contributed by atoms with Crippen molar-refractivity contribution in [2.24, 2.45) is 13.0 Å². The average Bonchev–Trinajstić information content (AvgIpc) is 3.26. The number of hydrogen-bond acceptors (Lipinski definition) is 5. The van der Waals surface area contributed by atoms with E-state index in [4.69, 9.17) is 4.74 Å². The molecule has 3 saturated heterocycles. The second-order valence-corrected chi connectivity index (χ2v) is 7.83. The Balaban J connectivity index is 1.50. The first-order chi connectivity index (χ1) is 12.5. The number of likely N-dealkylation sites (N-methyl/N-ethyl adjacent to an activating group) is 1. The third-order valence-corrected chi connectivity index (χ3v) is 6.15. The standard InChI is InChI=1S/C18H27N5O3/c1-20-11-16(24)23(15-9-19-21(2)10-15)13-18(20)5-6-22(12-18)17(25)14-3-7-26-8-4-14/h9-10,14H,3-8,11-13H2,1-2H3/t18-/m1/s1. The maximum Gasteiger partial charge on any atom is 0.241 e. The summed E-state index contributed by atoms with van der Waals surface area (Å²) in [5.74, 6) is 0.424. The minimum absolute atomic E-state index is 0.0836. The van der Waals surface area contributed by atoms with Gasteiger partial charge in [0.2, 0.25) is 11.8 Å². The number of carbonyl (C=O) groups is 2. The third kappa shape index (κ3) is 3.01. The second-order valence-electron chi connectivity index (χ2n) is 7.83. The molecule has 3 aliphatic rings. The number of carbonyl (C=O) groups excluding carboxylic acids is 2. The van der Waals surface area contributed by atoms with Crippen LogP contribution in [0.1, 0.15) is 19.3 Å². The van der Waals surface area contributed by atoms with E-state index in [1.54, 1.807) is 10.9 Å². The van der Waals surface area contributed by atoms with E-state index in [-0.39, 0.29) is 23.3 Å². The molecular weight excluding hydrogens is 334 g/mol. The highest BCUT2D eigenvalue weighted by atomic mass is 16.5. The van der Waals surface area contributed by atoms with Gasteiger partial charge in [-0.05, 0) is 26.3 Å². The minimum Gasteiger partial charge on any atom is -0.381 e. The molecule has 0 radical (unpaired) electrons. The summed E-state index contributed by atoms with van der Waals surface area (Å²) in [7, 11) is 3.85. The molecule has 4 heterocycles. The lowest BCUT2D eigenvalue weighted by molar-refractivity contribution is -0.138. The Morgan fingerprint density at radius 3 is 2.73 bits per heavy atom. The van der Waals surface area contributed by atoms with Crippen molar-refractivity contribution in [3.05, 3.63) is 12.4 Å². The summed E-state index contributed by atoms with van der Waals surface area (Å²) in [6, 6.07) is 0. The Hall–Kier alpha value is -1.93. The summed E-state index contributed by atoms with van der Waals surface area (Å²) in [6.07, 6.45) is 6.13. The van der Waals surface area contributed by atoms with E-state index < -0.39 is 0 Å². The monoisotopic (exact) mass is 361 g/mol. The summed E-state index contributed by atoms with van der Waals surface area (Å²) >= 11 is 0. The van der Waals surface area contributed by atoms with Gasteiger partial charge in [-0.2, -0.15) is 5.10 Å². The molecule has 142 valence electrons. The largest absolute Gasteiger partial charge is 0.381 e. The average molecular weight is 361 g/mol. The van der Waals surface area contributed by atoms with Gasteiger partial charge in [0.05, 0.1) is 24.0 Å². The molecule has 0 saturated carbocycles. The Morgan fingerprint density at radius 2 is 2.04 bits per heavy atom. The van der Waals surface area contributed by atoms with Crippen LogP contribution in [0.3, 0.4) is 0 Å². The molecule has 3 aliphatic heterocycles. The van der Waals surface area contributed by atoms with E-state index in [0.717, 1.165) is 31.5 Å². The Bertz CT molecular complexity index is 699. The van der Waals surface area contributed by atoms with Crippen LogP contribution in [0.5, 0.6) is 0 Å². The molecular formula is C18H27N5O3. The van der Waals surface area contributed by atoms with Crippen molar-refractivity contribution >= 4 is 17.5 Å². The molecule has 1 aromatic heterocycles. The van der Waals surface area contributed by atoms with Crippen molar-refractivity contribution in [1.82, 2.24) is 19.6 Å². The zero-order valence-electron chi connectivity index (χ0n) is 15.6. The smallest absolute Gasteiger partial charge is 0.241 e. The van der Waals surface area contributed by atoms with E-state index in [2.05, 4.69) is 10.00 Å². The van der Waals surface area contributed by atoms with Crippen molar-refractivity contribution in [2.75, 3.05) is 51.3 Å². The van der Waals surface area contributed by atoms with Crippen LogP contribution in [0.2, 0.25) is 0 Å². The number of anilines is 1. The molecule has 0 aromatic carbocycles. The molecule has 1 aromatic rings. The molecule has 0 aliphatic carbocycles. The SMILES string of the molecule is CN1CC(=O)N(c2cnn(C)c2)C[C@]12CCN(C(=O)C1CCOCC1)C2. The number of ether oxygens (including phenoxy) is 1. The zero-order chi connectivity index (χ0) is 18.3. The van der Waals surface area contributed by atoms with Gasteiger partial charge < -0.3 is 14.5 Å². The highest BCUT2D eigenvalue weighted by molar-refractivity contribution is 5.95. The van der Waals surface area contributed by atoms with E-state index in [0.29, 0.717) is 32.8 Å². The molecule has 1 atom stereocenters. The first-order valence-corrected chi connectivity index (χ1v) is 9.35. The number of aromatic nitrogens is 2. The fraction of sp³-hybridized carbons (Fsp3) is 0.722. The Morgan fingerprint density at radius 1 is 1.27 bits per heavy atom. The number of amides is 2. The zero-order valence-corrected chi connectivity index (χ0v) is 15.6. The van der Waals surface area contributed by atoms with Crippen molar-refractivity contribution in [1.29, 1.82) is 0 Å². The van der Waals surface area contributed by atoms with E-state index >= 15 is 0 Å². The van der Waals surface area contributed by atoms with Crippen LogP contribution >= 0.6 is 0 Å². The van der Waals surface area contributed by atoms with E-state index in [1.807, 2.05) is 30.1 Å². The summed E-state index contributed by atoms with van der Waals surface area (Å²) in [5, 5.41) is 4.20. The molecule has 0 N–H and O–H groups in total. The van der Waals surface area contributed by atoms with Crippen LogP contribution < -0.4 is 4.90 Å². The molecule has 0 unspecified atom stereocenters. The van der Waals surface area contributed by atoms with Gasteiger partial charge in [-0.3, -0.25) is 19.2 Å². The molecule has 8 heteroatoms. The lowest BCUT2D eigenvalue weighted by Crippen LogP contribution is -2.64. The van der Waals surface area contributed by atoms with Gasteiger partial charge in [0.1, 0.15) is 0 Å². The van der Waals surface area contributed by atoms with Crippen LogP contribution in [0.25, 0.3) is 0 Å². The van der Waals surface area contributed by atoms with Crippen LogP contribution in [0, 0.1) is 5.92 Å². The lowest BCUT2D eigenvalue weighted by Gasteiger charge is -2.46. The van der Waals surface area contributed by atoms with Crippen molar-refractivity contribution < 1.29 is 14.3 Å². The normalized spacial score (nSPS) is 28.3. The number of aryl methyl sites for hydroxylation is 1. The molecule has 1 spiro atoms. The Labute approximate surface area is 153 Å². The maximum absolute atomic E-state index is 12.9. The highest BCUT2D eigenvalue weighted by Gasteiger charge is 2.49. The van der Waals surface area contributed by atoms with Crippen LogP contribution in [0.15, 0.2) is 12.4 Å². The third-order valence-electron chi connectivity index (χ3n) is 6.15. The summed E-state index contributed by atoms with van der Waals surface area (Å²) in [5.41, 5.74) is 0.657. The lowest BCUT2D eigenvalue weighted by atomic mass is 9.92.